The number of H-pyrrole nitrogens is 2. The van der Waals surface area contributed by atoms with Crippen LogP contribution in [0.4, 0.5) is 0 Å². The molecule has 2 aliphatic heterocycles. The van der Waals surface area contributed by atoms with Gasteiger partial charge in [-0.2, -0.15) is 0 Å². The fourth-order valence-electron chi connectivity index (χ4n) is 16.2. The largest absolute Gasteiger partial charge is 0.488 e. The van der Waals surface area contributed by atoms with E-state index in [-0.39, 0.29) is 209 Å². The van der Waals surface area contributed by atoms with Crippen molar-refractivity contribution in [1.82, 2.24) is 39.9 Å². The van der Waals surface area contributed by atoms with Gasteiger partial charge in [0.2, 0.25) is 0 Å². The van der Waals surface area contributed by atoms with Crippen molar-refractivity contribution in [3.63, 3.8) is 0 Å². The summed E-state index contributed by atoms with van der Waals surface area (Å²) >= 11 is 0. The molecule has 4 unspecified atom stereocenters. The minimum absolute atomic E-state index is 0.0834. The average molecular weight is 1860 g/mol. The van der Waals surface area contributed by atoms with Crippen LogP contribution in [0.3, 0.4) is 0 Å². The highest BCUT2D eigenvalue weighted by Gasteiger charge is 2.33. The third-order valence-electron chi connectivity index (χ3n) is 23.8. The van der Waals surface area contributed by atoms with Crippen molar-refractivity contribution in [1.29, 1.82) is 0 Å². The molecule has 0 spiro atoms. The van der Waals surface area contributed by atoms with Crippen LogP contribution < -0.4 is 18.9 Å². The molecule has 0 saturated carbocycles. The van der Waals surface area contributed by atoms with Gasteiger partial charge in [0.15, 0.2) is 23.3 Å². The molecule has 36 heteroatoms. The Balaban J connectivity index is 0.909. The Morgan fingerprint density at radius 2 is 0.485 bits per heavy atom. The number of ether oxygens (including phenoxy) is 8. The van der Waals surface area contributed by atoms with Crippen molar-refractivity contribution in [3.8, 4) is 68.5 Å². The molecule has 2 aliphatic rings. The number of aliphatic carboxylic acids is 8. The molecule has 8 aromatic carbocycles. The van der Waals surface area contributed by atoms with E-state index < -0.39 is 120 Å². The summed E-state index contributed by atoms with van der Waals surface area (Å²) < 4.78 is 50.1. The lowest BCUT2D eigenvalue weighted by molar-refractivity contribution is -0.139. The van der Waals surface area contributed by atoms with E-state index in [2.05, 4.69) is 9.97 Å². The molecule has 706 valence electrons. The van der Waals surface area contributed by atoms with Gasteiger partial charge in [0, 0.05) is 73.3 Å². The van der Waals surface area contributed by atoms with Crippen molar-refractivity contribution >= 4 is 116 Å². The molecule has 8 bridgehead atoms. The van der Waals surface area contributed by atoms with Crippen molar-refractivity contribution in [2.45, 2.75) is 181 Å². The molecule has 0 saturated heterocycles. The molecule has 10 N–H and O–H groups in total. The molecule has 11 aromatic rings. The van der Waals surface area contributed by atoms with Gasteiger partial charge in [-0.1, -0.05) is 97.1 Å². The number of aromatic nitrogens is 8. The summed E-state index contributed by atoms with van der Waals surface area (Å²) in [4.78, 5) is 186. The second-order valence-corrected chi connectivity index (χ2v) is 33.2. The van der Waals surface area contributed by atoms with Crippen molar-refractivity contribution in [2.24, 2.45) is 23.7 Å². The van der Waals surface area contributed by atoms with Gasteiger partial charge in [0.05, 0.1) is 44.2 Å². The topological polar surface area (TPSA) is 549 Å². The standard InChI is InChI=1S/C100H98N8O28/c1-53(61(33-41-77(109)110)34-42-78(111)112)133-97(125)65-25-17-57(18-26-65)49-129-73-13-5-9-69-85(73)93-101-89(69)106-94-87-71(11-7-15-75(87)131-51-59-21-29-67(30-22-59)99(127)135-55(3)63(37-45-81(117)118)38-46-82(119)120)91(103-94)108-96-88-72(12-8-16-76(88)132-52-60-23-31-68(32-24-60)100(128)136-56(4)64(39-47-83(121)122)40-48-84(123)124)92(104-96)107-95-86-70(90(102-95)105-93)10-6-14-74(86)130-50-58-19-27-66(28-20-58)98(126)134-54(2)62(35-43-79(113)114)36-44-80(115)116/h5-32,53-56,61-64H,33-52H2,1-4H3,(H,109,110)(H,111,112)(H,113,114)(H,115,116)(H,117,118)(H,119,120)(H,121,122)(H,123,124)(H2,101,102,103,104,105,106,107,108). The number of benzene rings is 8. The van der Waals surface area contributed by atoms with Crippen LogP contribution in [0.25, 0.3) is 89.7 Å². The minimum Gasteiger partial charge on any atom is -0.488 e. The van der Waals surface area contributed by atoms with E-state index in [1.165, 1.54) is 0 Å². The monoisotopic (exact) mass is 1860 g/mol. The number of carbonyl (C=O) groups is 12. The molecule has 4 atom stereocenters. The first-order chi connectivity index (χ1) is 65.3. The molecule has 0 amide bonds. The zero-order valence-electron chi connectivity index (χ0n) is 74.4. The predicted octanol–water partition coefficient (Wildman–Crippen LogP) is 16.7. The third kappa shape index (κ3) is 25.4. The number of carboxylic acids is 8. The predicted molar refractivity (Wildman–Crippen MR) is 488 cm³/mol. The van der Waals surface area contributed by atoms with Gasteiger partial charge in [-0.3, -0.25) is 38.4 Å². The smallest absolute Gasteiger partial charge is 0.338 e. The van der Waals surface area contributed by atoms with E-state index in [9.17, 15) is 98.4 Å². The lowest BCUT2D eigenvalue weighted by Gasteiger charge is -2.23. The molecule has 5 heterocycles. The van der Waals surface area contributed by atoms with Gasteiger partial charge in [-0.15, -0.1) is 0 Å². The molecular formula is C100H98N8O28. The number of rotatable bonds is 48. The summed E-state index contributed by atoms with van der Waals surface area (Å²) in [5.41, 5.74) is 5.41. The fraction of sp³-hybridized carbons (Fsp3) is 0.320. The van der Waals surface area contributed by atoms with Gasteiger partial charge in [-0.25, -0.2) is 49.1 Å². The van der Waals surface area contributed by atoms with E-state index in [0.29, 0.717) is 77.6 Å². The van der Waals surface area contributed by atoms with Crippen LogP contribution in [0.15, 0.2) is 170 Å². The summed E-state index contributed by atoms with van der Waals surface area (Å²) in [6, 6.07) is 46.7. The maximum Gasteiger partial charge on any atom is 0.338 e. The Labute approximate surface area is 776 Å². The molecule has 0 fully saturated rings. The van der Waals surface area contributed by atoms with Gasteiger partial charge in [0.25, 0.3) is 0 Å². The first-order valence-electron chi connectivity index (χ1n) is 44.1. The minimum atomic E-state index is -1.08. The molecular weight excluding hydrogens is 1760 g/mol. The van der Waals surface area contributed by atoms with Gasteiger partial charge in [-0.05, 0) is 198 Å². The number of nitrogens with one attached hydrogen (secondary N) is 2. The molecule has 0 aliphatic carbocycles. The SMILES string of the molecule is CC(OC(=O)c1ccc(COc2cccc3c2-c2nc-3nc3[nH]c(nc4nc(nc5[nH]c(n2)c2cccc(OCc6ccc(C(=O)OC(C)C(CCC(=O)O)CCC(=O)O)cc6)c52)-c2cccc(OCc5ccc(C(=O)OC(C)C(CCC(=O)O)CCC(=O)O)cc5)c2-4)c2cccc(OCc4ccc(C(=O)OC(C)C(CCC(=O)O)CCC(=O)O)cc4)c32)cc1)C(CCC(=O)O)CCC(=O)O. The van der Waals surface area contributed by atoms with Crippen molar-refractivity contribution < 1.29 is 136 Å². The number of hydrogen-bond donors (Lipinski definition) is 10. The van der Waals surface area contributed by atoms with Crippen LogP contribution in [0.2, 0.25) is 0 Å². The Hall–Kier alpha value is -16.0. The lowest BCUT2D eigenvalue weighted by atomic mass is 9.92. The van der Waals surface area contributed by atoms with Crippen LogP contribution in [0.1, 0.15) is 194 Å². The maximum absolute atomic E-state index is 13.7. The first kappa shape index (κ1) is 97.5. The van der Waals surface area contributed by atoms with E-state index in [4.69, 9.17) is 67.8 Å². The lowest BCUT2D eigenvalue weighted by Crippen LogP contribution is -2.25. The second kappa shape index (κ2) is 44.9. The highest BCUT2D eigenvalue weighted by Crippen LogP contribution is 2.46. The van der Waals surface area contributed by atoms with Crippen molar-refractivity contribution in [3.05, 3.63) is 214 Å². The van der Waals surface area contributed by atoms with E-state index in [1.807, 2.05) is 0 Å². The number of esters is 4. The highest BCUT2D eigenvalue weighted by molar-refractivity contribution is 6.10. The summed E-state index contributed by atoms with van der Waals surface area (Å²) in [5, 5.41) is 77.2. The van der Waals surface area contributed by atoms with Crippen molar-refractivity contribution in [2.75, 3.05) is 0 Å². The number of hydrogen-bond acceptors (Lipinski definition) is 26. The number of aromatic amines is 2. The Bertz CT molecular complexity index is 6060. The third-order valence-corrected chi connectivity index (χ3v) is 23.8. The Morgan fingerprint density at radius 3 is 0.728 bits per heavy atom. The molecule has 36 nitrogen and oxygen atoms in total. The van der Waals surface area contributed by atoms with Crippen LogP contribution in [-0.2, 0) is 83.7 Å². The summed E-state index contributed by atoms with van der Waals surface area (Å²) in [6.07, 6.45) is -4.70. The number of carbonyl (C=O) groups excluding carboxylic acids is 4. The van der Waals surface area contributed by atoms with Crippen LogP contribution in [0, 0.1) is 23.7 Å². The molecule has 0 radical (unpaired) electrons. The quantitative estimate of drug-likeness (QED) is 0.0125. The summed E-state index contributed by atoms with van der Waals surface area (Å²) in [6.45, 7) is 6.03. The van der Waals surface area contributed by atoms with Gasteiger partial charge in [0.1, 0.15) is 96.4 Å². The summed E-state index contributed by atoms with van der Waals surface area (Å²) in [7, 11) is 0. The summed E-state index contributed by atoms with van der Waals surface area (Å²) in [5.74, 6) is -12.2. The van der Waals surface area contributed by atoms with Gasteiger partial charge < -0.3 is 88.7 Å². The number of fused-ring (bicyclic) bond motifs is 20. The Morgan fingerprint density at radius 1 is 0.265 bits per heavy atom. The maximum atomic E-state index is 13.7. The zero-order chi connectivity index (χ0) is 97.0. The zero-order valence-corrected chi connectivity index (χ0v) is 74.4. The normalized spacial score (nSPS) is 12.4. The number of carboxylic acid groups (broad SMARTS) is 8. The molecule has 13 rings (SSSR count). The fourth-order valence-corrected chi connectivity index (χ4v) is 16.2. The van der Waals surface area contributed by atoms with E-state index >= 15 is 0 Å². The first-order valence-corrected chi connectivity index (χ1v) is 44.1. The molecule has 3 aromatic heterocycles. The average Bonchev–Trinajstić information content (AvgIpc) is 1.59. The van der Waals surface area contributed by atoms with E-state index in [1.54, 1.807) is 198 Å². The highest BCUT2D eigenvalue weighted by atomic mass is 16.6. The van der Waals surface area contributed by atoms with Crippen LogP contribution in [-0.4, -0.2) is 177 Å². The van der Waals surface area contributed by atoms with Crippen LogP contribution in [0.5, 0.6) is 23.0 Å². The van der Waals surface area contributed by atoms with Gasteiger partial charge >= 0.3 is 71.6 Å². The second-order valence-electron chi connectivity index (χ2n) is 33.2. The molecule has 136 heavy (non-hydrogen) atoms. The Kier molecular flexibility index (Phi) is 32.2. The number of nitrogens with zero attached hydrogens (tertiary/aromatic N) is 6. The van der Waals surface area contributed by atoms with E-state index in [0.717, 1.165) is 0 Å². The van der Waals surface area contributed by atoms with Crippen LogP contribution >= 0.6 is 0 Å².